The molecule has 1 atom stereocenters. The van der Waals surface area contributed by atoms with Crippen molar-refractivity contribution in [2.24, 2.45) is 0 Å². The number of allylic oxidation sites excluding steroid dienone is 6. The maximum absolute atomic E-state index is 12.4. The van der Waals surface area contributed by atoms with Crippen LogP contribution in [0.3, 0.4) is 0 Å². The Morgan fingerprint density at radius 1 is 0.900 bits per heavy atom. The third kappa shape index (κ3) is 7.90. The van der Waals surface area contributed by atoms with Crippen molar-refractivity contribution in [3.8, 4) is 5.75 Å². The molecule has 0 aliphatic carbocycles. The molecule has 0 unspecified atom stereocenters. The van der Waals surface area contributed by atoms with Gasteiger partial charge in [-0.15, -0.1) is 0 Å². The summed E-state index contributed by atoms with van der Waals surface area (Å²) in [6.07, 6.45) is 14.3. The molecule has 2 aromatic rings. The quantitative estimate of drug-likeness (QED) is 0.287. The summed E-state index contributed by atoms with van der Waals surface area (Å²) in [7, 11) is 0. The van der Waals surface area contributed by atoms with Gasteiger partial charge in [0.15, 0.2) is 0 Å². The number of ether oxygens (including phenoxy) is 1. The SMILES string of the molecule is CC(C)=CCC/C(C)=C/CC/C(C)=C/CC[C@]1(C)CCc2c(C)c(N(C(=O)O)c3ccccc3)c(C)c(C)c2O1. The molecule has 3 rings (SSSR count). The maximum atomic E-state index is 12.4. The lowest BCUT2D eigenvalue weighted by Crippen LogP contribution is -2.37. The Morgan fingerprint density at radius 2 is 1.50 bits per heavy atom. The van der Waals surface area contributed by atoms with Crippen molar-refractivity contribution >= 4 is 17.5 Å². The van der Waals surface area contributed by atoms with Crippen LogP contribution in [0, 0.1) is 20.8 Å². The summed E-state index contributed by atoms with van der Waals surface area (Å²) in [5, 5.41) is 10.2. The Kier molecular flexibility index (Phi) is 10.8. The van der Waals surface area contributed by atoms with Gasteiger partial charge in [-0.05, 0) is 141 Å². The van der Waals surface area contributed by atoms with Crippen LogP contribution in [-0.4, -0.2) is 16.8 Å². The second kappa shape index (κ2) is 13.9. The molecule has 1 amide bonds. The van der Waals surface area contributed by atoms with Crippen LogP contribution in [0.15, 0.2) is 65.3 Å². The Labute approximate surface area is 242 Å². The van der Waals surface area contributed by atoms with Crippen molar-refractivity contribution in [3.05, 3.63) is 87.5 Å². The molecule has 0 bridgehead atoms. The molecule has 0 radical (unpaired) electrons. The number of amides is 1. The zero-order valence-electron chi connectivity index (χ0n) is 26.0. The molecular formula is C36H49NO3. The summed E-state index contributed by atoms with van der Waals surface area (Å²) < 4.78 is 6.75. The van der Waals surface area contributed by atoms with Gasteiger partial charge in [-0.2, -0.15) is 0 Å². The Hall–Kier alpha value is -3.27. The molecule has 1 aliphatic rings. The monoisotopic (exact) mass is 543 g/mol. The highest BCUT2D eigenvalue weighted by molar-refractivity contribution is 5.97. The molecule has 1 heterocycles. The van der Waals surface area contributed by atoms with Gasteiger partial charge in [0.25, 0.3) is 0 Å². The average molecular weight is 544 g/mol. The van der Waals surface area contributed by atoms with Crippen molar-refractivity contribution < 1.29 is 14.6 Å². The smallest absolute Gasteiger partial charge is 0.416 e. The van der Waals surface area contributed by atoms with Crippen molar-refractivity contribution in [2.75, 3.05) is 4.90 Å². The minimum absolute atomic E-state index is 0.234. The molecule has 4 nitrogen and oxygen atoms in total. The maximum Gasteiger partial charge on any atom is 0.416 e. The first kappa shape index (κ1) is 31.3. The number of hydrogen-bond donors (Lipinski definition) is 1. The molecule has 1 N–H and O–H groups in total. The zero-order valence-corrected chi connectivity index (χ0v) is 26.0. The highest BCUT2D eigenvalue weighted by atomic mass is 16.5. The van der Waals surface area contributed by atoms with Crippen LogP contribution in [0.4, 0.5) is 16.2 Å². The molecule has 40 heavy (non-hydrogen) atoms. The lowest BCUT2D eigenvalue weighted by atomic mass is 9.84. The van der Waals surface area contributed by atoms with E-state index in [1.165, 1.54) is 21.6 Å². The van der Waals surface area contributed by atoms with Crippen LogP contribution in [0.25, 0.3) is 0 Å². The minimum atomic E-state index is -0.977. The van der Waals surface area contributed by atoms with Crippen molar-refractivity contribution in [3.63, 3.8) is 0 Å². The number of anilines is 2. The summed E-state index contributed by atoms with van der Waals surface area (Å²) in [4.78, 5) is 13.8. The third-order valence-corrected chi connectivity index (χ3v) is 8.31. The second-order valence-electron chi connectivity index (χ2n) is 12.0. The summed E-state index contributed by atoms with van der Waals surface area (Å²) in [5.41, 5.74) is 9.59. The van der Waals surface area contributed by atoms with Crippen LogP contribution in [0.5, 0.6) is 5.75 Å². The summed E-state index contributed by atoms with van der Waals surface area (Å²) in [6.45, 7) is 17.1. The van der Waals surface area contributed by atoms with Crippen LogP contribution < -0.4 is 9.64 Å². The van der Waals surface area contributed by atoms with E-state index < -0.39 is 6.09 Å². The van der Waals surface area contributed by atoms with Crippen LogP contribution >= 0.6 is 0 Å². The van der Waals surface area contributed by atoms with Gasteiger partial charge >= 0.3 is 6.09 Å². The lowest BCUT2D eigenvalue weighted by molar-refractivity contribution is 0.0560. The fourth-order valence-electron chi connectivity index (χ4n) is 5.68. The molecule has 2 aromatic carbocycles. The summed E-state index contributed by atoms with van der Waals surface area (Å²) in [6, 6.07) is 9.33. The van der Waals surface area contributed by atoms with E-state index in [0.717, 1.165) is 85.1 Å². The predicted octanol–water partition coefficient (Wildman–Crippen LogP) is 10.7. The highest BCUT2D eigenvalue weighted by Crippen LogP contribution is 2.46. The number of hydrogen-bond acceptors (Lipinski definition) is 2. The first-order valence-corrected chi connectivity index (χ1v) is 14.8. The first-order chi connectivity index (χ1) is 18.9. The Balaban J connectivity index is 1.69. The van der Waals surface area contributed by atoms with E-state index in [2.05, 4.69) is 59.8 Å². The van der Waals surface area contributed by atoms with Gasteiger partial charge in [0, 0.05) is 0 Å². The van der Waals surface area contributed by atoms with E-state index in [-0.39, 0.29) is 5.60 Å². The molecule has 4 heteroatoms. The van der Waals surface area contributed by atoms with Gasteiger partial charge in [0.05, 0.1) is 11.4 Å². The number of fused-ring (bicyclic) bond motifs is 1. The van der Waals surface area contributed by atoms with Gasteiger partial charge in [-0.1, -0.05) is 53.1 Å². The molecule has 0 saturated carbocycles. The van der Waals surface area contributed by atoms with Gasteiger partial charge < -0.3 is 9.84 Å². The van der Waals surface area contributed by atoms with E-state index in [4.69, 9.17) is 4.74 Å². The predicted molar refractivity (Wildman–Crippen MR) is 169 cm³/mol. The zero-order chi connectivity index (χ0) is 29.4. The minimum Gasteiger partial charge on any atom is -0.487 e. The topological polar surface area (TPSA) is 49.8 Å². The molecule has 0 saturated heterocycles. The second-order valence-corrected chi connectivity index (χ2v) is 12.0. The number of benzene rings is 2. The molecule has 1 aliphatic heterocycles. The molecule has 0 aromatic heterocycles. The fraction of sp³-hybridized carbons (Fsp3) is 0.472. The number of carbonyl (C=O) groups is 1. The number of rotatable bonds is 11. The fourth-order valence-corrected chi connectivity index (χ4v) is 5.68. The number of carboxylic acid groups (broad SMARTS) is 1. The molecule has 216 valence electrons. The highest BCUT2D eigenvalue weighted by Gasteiger charge is 2.35. The van der Waals surface area contributed by atoms with E-state index in [9.17, 15) is 9.90 Å². The largest absolute Gasteiger partial charge is 0.487 e. The molecular weight excluding hydrogens is 494 g/mol. The first-order valence-electron chi connectivity index (χ1n) is 14.8. The summed E-state index contributed by atoms with van der Waals surface area (Å²) >= 11 is 0. The van der Waals surface area contributed by atoms with Crippen LogP contribution in [-0.2, 0) is 6.42 Å². The Morgan fingerprint density at radius 3 is 2.10 bits per heavy atom. The van der Waals surface area contributed by atoms with E-state index in [0.29, 0.717) is 5.69 Å². The van der Waals surface area contributed by atoms with Gasteiger partial charge in [-0.25, -0.2) is 9.69 Å². The van der Waals surface area contributed by atoms with Crippen LogP contribution in [0.2, 0.25) is 0 Å². The van der Waals surface area contributed by atoms with Gasteiger partial charge in [0.1, 0.15) is 11.4 Å². The average Bonchev–Trinajstić information content (AvgIpc) is 2.89. The molecule has 0 fully saturated rings. The van der Waals surface area contributed by atoms with Crippen molar-refractivity contribution in [1.82, 2.24) is 0 Å². The molecule has 0 spiro atoms. The van der Waals surface area contributed by atoms with E-state index >= 15 is 0 Å². The summed E-state index contributed by atoms with van der Waals surface area (Å²) in [5.74, 6) is 0.945. The van der Waals surface area contributed by atoms with Crippen LogP contribution in [0.1, 0.15) is 102 Å². The van der Waals surface area contributed by atoms with Gasteiger partial charge in [0.2, 0.25) is 0 Å². The van der Waals surface area contributed by atoms with Gasteiger partial charge in [-0.3, -0.25) is 0 Å². The van der Waals surface area contributed by atoms with E-state index in [1.807, 2.05) is 44.2 Å². The standard InChI is InChI=1S/C36H49NO3/c1-25(2)15-12-16-26(3)17-13-18-27(4)19-14-23-36(8)24-22-32-30(7)33(28(5)29(6)34(32)40-36)37(35(38)39)31-20-10-9-11-21-31/h9-11,15,17,19-21H,12-14,16,18,22-24H2,1-8H3,(H,38,39)/b26-17+,27-19+/t36-/m1/s1. The van der Waals surface area contributed by atoms with E-state index in [1.54, 1.807) is 0 Å². The number of para-hydroxylation sites is 1. The number of nitrogens with zero attached hydrogens (tertiary/aromatic N) is 1. The lowest BCUT2D eigenvalue weighted by Gasteiger charge is -2.39. The third-order valence-electron chi connectivity index (χ3n) is 8.31. The Bertz CT molecular complexity index is 1280. The normalized spacial score (nSPS) is 17.2. The van der Waals surface area contributed by atoms with Crippen molar-refractivity contribution in [2.45, 2.75) is 112 Å². The van der Waals surface area contributed by atoms with Crippen molar-refractivity contribution in [1.29, 1.82) is 0 Å².